The second-order valence-corrected chi connectivity index (χ2v) is 4.72. The highest BCUT2D eigenvalue weighted by molar-refractivity contribution is 5.99. The van der Waals surface area contributed by atoms with Crippen LogP contribution in [-0.2, 0) is 4.74 Å². The first kappa shape index (κ1) is 13.3. The molecule has 0 saturated heterocycles. The fraction of sp³-hybridized carbons (Fsp3) is 0.188. The molecule has 5 nitrogen and oxygen atoms in total. The van der Waals surface area contributed by atoms with E-state index in [-0.39, 0.29) is 12.2 Å². The summed E-state index contributed by atoms with van der Waals surface area (Å²) in [5.41, 5.74) is 1.74. The molecule has 0 fully saturated rings. The zero-order valence-electron chi connectivity index (χ0n) is 11.4. The maximum Gasteiger partial charge on any atom is 0.337 e. The van der Waals surface area contributed by atoms with Crippen LogP contribution in [0.25, 0.3) is 0 Å². The van der Waals surface area contributed by atoms with Crippen molar-refractivity contribution in [1.82, 2.24) is 4.98 Å². The number of rotatable bonds is 2. The van der Waals surface area contributed by atoms with E-state index in [0.717, 1.165) is 5.56 Å². The number of methoxy groups -OCH3 is 1. The number of aromatic nitrogens is 1. The molecule has 0 spiro atoms. The Labute approximate surface area is 121 Å². The summed E-state index contributed by atoms with van der Waals surface area (Å²) >= 11 is 0. The molecule has 1 aliphatic heterocycles. The second-order valence-electron chi connectivity index (χ2n) is 4.72. The van der Waals surface area contributed by atoms with Crippen LogP contribution in [0.15, 0.2) is 42.7 Å². The minimum absolute atomic E-state index is 0.00659. The van der Waals surface area contributed by atoms with Gasteiger partial charge in [-0.2, -0.15) is 0 Å². The first-order chi connectivity index (χ1) is 10.2. The van der Waals surface area contributed by atoms with Crippen molar-refractivity contribution in [2.75, 3.05) is 7.11 Å². The Kier molecular flexibility index (Phi) is 3.39. The molecule has 21 heavy (non-hydrogen) atoms. The van der Waals surface area contributed by atoms with E-state index in [1.165, 1.54) is 13.3 Å². The van der Waals surface area contributed by atoms with Gasteiger partial charge in [-0.15, -0.1) is 0 Å². The van der Waals surface area contributed by atoms with Gasteiger partial charge < -0.3 is 9.47 Å². The van der Waals surface area contributed by atoms with Crippen LogP contribution in [0.5, 0.6) is 5.75 Å². The predicted molar refractivity (Wildman–Crippen MR) is 74.3 cm³/mol. The number of fused-ring (bicyclic) bond motifs is 1. The average Bonchev–Trinajstić information content (AvgIpc) is 2.54. The number of nitrogens with zero attached hydrogens (tertiary/aromatic N) is 1. The summed E-state index contributed by atoms with van der Waals surface area (Å²) < 4.78 is 10.5. The van der Waals surface area contributed by atoms with Gasteiger partial charge in [-0.25, -0.2) is 4.79 Å². The summed E-state index contributed by atoms with van der Waals surface area (Å²) in [5.74, 6) is 0.0652. The van der Waals surface area contributed by atoms with Gasteiger partial charge in [0, 0.05) is 6.20 Å². The van der Waals surface area contributed by atoms with Gasteiger partial charge in [-0.3, -0.25) is 9.78 Å². The topological polar surface area (TPSA) is 65.5 Å². The van der Waals surface area contributed by atoms with Crippen LogP contribution in [0.2, 0.25) is 0 Å². The fourth-order valence-corrected chi connectivity index (χ4v) is 2.35. The van der Waals surface area contributed by atoms with Crippen molar-refractivity contribution in [3.05, 3.63) is 59.4 Å². The molecule has 1 aromatic carbocycles. The fourth-order valence-electron chi connectivity index (χ4n) is 2.35. The summed E-state index contributed by atoms with van der Waals surface area (Å²) in [5, 5.41) is 0. The largest absolute Gasteiger partial charge is 0.483 e. The molecule has 1 aliphatic rings. The minimum atomic E-state index is -0.418. The van der Waals surface area contributed by atoms with Crippen molar-refractivity contribution in [2.24, 2.45) is 0 Å². The second kappa shape index (κ2) is 5.36. The number of Topliss-reactive ketones (excluding diaryl/α,β-unsaturated/α-hetero) is 1. The number of benzene rings is 1. The van der Waals surface area contributed by atoms with Gasteiger partial charge >= 0.3 is 5.97 Å². The lowest BCUT2D eigenvalue weighted by Gasteiger charge is -2.25. The summed E-state index contributed by atoms with van der Waals surface area (Å²) in [4.78, 5) is 27.7. The maximum atomic E-state index is 12.1. The van der Waals surface area contributed by atoms with Crippen LogP contribution in [-0.4, -0.2) is 23.8 Å². The zero-order chi connectivity index (χ0) is 14.8. The molecule has 1 unspecified atom stereocenters. The number of carbonyl (C=O) groups excluding carboxylic acids is 2. The highest BCUT2D eigenvalue weighted by Crippen LogP contribution is 2.34. The minimum Gasteiger partial charge on any atom is -0.483 e. The monoisotopic (exact) mass is 283 g/mol. The van der Waals surface area contributed by atoms with E-state index in [9.17, 15) is 9.59 Å². The number of hydrogen-bond acceptors (Lipinski definition) is 5. The molecule has 0 bridgehead atoms. The van der Waals surface area contributed by atoms with Gasteiger partial charge in [-0.05, 0) is 23.8 Å². The molecule has 3 rings (SSSR count). The molecule has 1 aromatic heterocycles. The normalized spacial score (nSPS) is 16.8. The molecule has 0 N–H and O–H groups in total. The third kappa shape index (κ3) is 2.50. The summed E-state index contributed by atoms with van der Waals surface area (Å²) in [6.45, 7) is 0. The van der Waals surface area contributed by atoms with E-state index in [1.54, 1.807) is 30.5 Å². The molecule has 2 heterocycles. The number of ether oxygens (including phenoxy) is 2. The Hall–Kier alpha value is -2.69. The zero-order valence-corrected chi connectivity index (χ0v) is 11.4. The van der Waals surface area contributed by atoms with Crippen molar-refractivity contribution in [2.45, 2.75) is 12.5 Å². The summed E-state index contributed by atoms with van der Waals surface area (Å²) in [6.07, 6.45) is 2.92. The number of carbonyl (C=O) groups is 2. The molecule has 2 aromatic rings. The molecular formula is C16H13NO4. The lowest BCUT2D eigenvalue weighted by atomic mass is 9.96. The molecule has 5 heteroatoms. The molecule has 0 radical (unpaired) electrons. The van der Waals surface area contributed by atoms with Crippen LogP contribution in [0, 0.1) is 0 Å². The Morgan fingerprint density at radius 2 is 2.24 bits per heavy atom. The maximum absolute atomic E-state index is 12.1. The van der Waals surface area contributed by atoms with Gasteiger partial charge in [-0.1, -0.05) is 12.1 Å². The van der Waals surface area contributed by atoms with Gasteiger partial charge in [0.25, 0.3) is 0 Å². The highest BCUT2D eigenvalue weighted by Gasteiger charge is 2.28. The summed E-state index contributed by atoms with van der Waals surface area (Å²) in [6, 6.07) is 8.57. The molecule has 0 amide bonds. The third-order valence-corrected chi connectivity index (χ3v) is 3.40. The van der Waals surface area contributed by atoms with Crippen LogP contribution in [0.4, 0.5) is 0 Å². The Morgan fingerprint density at radius 1 is 1.38 bits per heavy atom. The quantitative estimate of drug-likeness (QED) is 0.792. The van der Waals surface area contributed by atoms with Crippen molar-refractivity contribution in [3.8, 4) is 5.75 Å². The Morgan fingerprint density at radius 3 is 3.05 bits per heavy atom. The van der Waals surface area contributed by atoms with Gasteiger partial charge in [0.1, 0.15) is 11.9 Å². The third-order valence-electron chi connectivity index (χ3n) is 3.40. The highest BCUT2D eigenvalue weighted by atomic mass is 16.5. The van der Waals surface area contributed by atoms with E-state index in [2.05, 4.69) is 4.98 Å². The van der Waals surface area contributed by atoms with Gasteiger partial charge in [0.15, 0.2) is 5.78 Å². The number of ketones is 1. The van der Waals surface area contributed by atoms with E-state index in [4.69, 9.17) is 9.47 Å². The van der Waals surface area contributed by atoms with Crippen molar-refractivity contribution < 1.29 is 19.1 Å². The first-order valence-electron chi connectivity index (χ1n) is 6.51. The van der Waals surface area contributed by atoms with E-state index < -0.39 is 12.1 Å². The molecular weight excluding hydrogens is 270 g/mol. The van der Waals surface area contributed by atoms with E-state index in [0.29, 0.717) is 16.9 Å². The van der Waals surface area contributed by atoms with Crippen molar-refractivity contribution in [3.63, 3.8) is 0 Å². The smallest absolute Gasteiger partial charge is 0.337 e. The molecule has 0 aliphatic carbocycles. The lowest BCUT2D eigenvalue weighted by Crippen LogP contribution is -2.20. The predicted octanol–water partition coefficient (Wildman–Crippen LogP) is 2.57. The van der Waals surface area contributed by atoms with Crippen molar-refractivity contribution >= 4 is 11.8 Å². The van der Waals surface area contributed by atoms with E-state index in [1.807, 2.05) is 6.07 Å². The number of hydrogen-bond donors (Lipinski definition) is 0. The SMILES string of the molecule is COC(=O)c1cccc(C2CC(=O)c3ccncc3O2)c1. The van der Waals surface area contributed by atoms with Gasteiger partial charge in [0.2, 0.25) is 0 Å². The first-order valence-corrected chi connectivity index (χ1v) is 6.51. The van der Waals surface area contributed by atoms with Crippen LogP contribution in [0.3, 0.4) is 0 Å². The molecule has 0 saturated carbocycles. The van der Waals surface area contributed by atoms with E-state index >= 15 is 0 Å². The number of pyridine rings is 1. The Bertz CT molecular complexity index is 711. The molecule has 1 atom stereocenters. The number of esters is 1. The van der Waals surface area contributed by atoms with Crippen LogP contribution < -0.4 is 4.74 Å². The van der Waals surface area contributed by atoms with Crippen LogP contribution >= 0.6 is 0 Å². The standard InChI is InChI=1S/C16H13NO4/c1-20-16(19)11-4-2-3-10(7-11)14-8-13(18)12-5-6-17-9-15(12)21-14/h2-7,9,14H,8H2,1H3. The molecule has 106 valence electrons. The summed E-state index contributed by atoms with van der Waals surface area (Å²) in [7, 11) is 1.33. The van der Waals surface area contributed by atoms with Gasteiger partial charge in [0.05, 0.1) is 30.9 Å². The van der Waals surface area contributed by atoms with Crippen LogP contribution in [0.1, 0.15) is 38.8 Å². The lowest BCUT2D eigenvalue weighted by molar-refractivity contribution is 0.0600. The Balaban J connectivity index is 1.93. The average molecular weight is 283 g/mol. The van der Waals surface area contributed by atoms with Crippen molar-refractivity contribution in [1.29, 1.82) is 0 Å².